The van der Waals surface area contributed by atoms with Crippen LogP contribution < -0.4 is 5.73 Å². The number of rotatable bonds is 6. The number of anilines is 1. The second-order valence-electron chi connectivity index (χ2n) is 5.60. The lowest BCUT2D eigenvalue weighted by Gasteiger charge is -2.18. The van der Waals surface area contributed by atoms with E-state index in [1.165, 1.54) is 17.1 Å². The number of nitrogens with two attached hydrogens (primary N) is 1. The van der Waals surface area contributed by atoms with E-state index in [1.54, 1.807) is 6.07 Å². The molecule has 14 nitrogen and oxygen atoms in total. The molecular weight excluding hydrogens is 410 g/mol. The summed E-state index contributed by atoms with van der Waals surface area (Å²) in [5, 5.41) is 20.8. The average Bonchev–Trinajstić information content (AvgIpc) is 3.07. The molecule has 1 saturated heterocycles. The van der Waals surface area contributed by atoms with E-state index in [0.29, 0.717) is 11.0 Å². The van der Waals surface area contributed by atoms with Crippen molar-refractivity contribution in [2.45, 2.75) is 24.5 Å². The first-order valence-electron chi connectivity index (χ1n) is 7.31. The number of hydrogen-bond donors (Lipinski definition) is 6. The van der Waals surface area contributed by atoms with Crippen LogP contribution in [0.5, 0.6) is 0 Å². The molecule has 1 aliphatic rings. The van der Waals surface area contributed by atoms with Gasteiger partial charge in [0, 0.05) is 6.20 Å². The number of aromatic nitrogens is 3. The van der Waals surface area contributed by atoms with Gasteiger partial charge in [0.15, 0.2) is 6.23 Å². The summed E-state index contributed by atoms with van der Waals surface area (Å²) >= 11 is 0. The van der Waals surface area contributed by atoms with E-state index >= 15 is 0 Å². The van der Waals surface area contributed by atoms with Crippen LogP contribution in [0.1, 0.15) is 6.23 Å². The summed E-state index contributed by atoms with van der Waals surface area (Å²) in [4.78, 5) is 34.2. The molecular formula is C11H16N4O10P2. The fourth-order valence-corrected chi connectivity index (χ4v) is 4.22. The van der Waals surface area contributed by atoms with Crippen molar-refractivity contribution in [1.29, 1.82) is 0 Å². The minimum atomic E-state index is -5.28. The van der Waals surface area contributed by atoms with Crippen molar-refractivity contribution in [2.24, 2.45) is 0 Å². The third kappa shape index (κ3) is 4.36. The Balaban J connectivity index is 1.75. The monoisotopic (exact) mass is 426 g/mol. The maximum atomic E-state index is 11.5. The Labute approximate surface area is 151 Å². The van der Waals surface area contributed by atoms with Gasteiger partial charge in [0.1, 0.15) is 36.1 Å². The molecule has 2 aromatic heterocycles. The maximum Gasteiger partial charge on any atom is 0.481 e. The molecule has 0 bridgehead atoms. The van der Waals surface area contributed by atoms with Crippen LogP contribution in [-0.2, 0) is 22.7 Å². The number of aliphatic hydroxyl groups is 2. The van der Waals surface area contributed by atoms with E-state index in [0.717, 1.165) is 0 Å². The quantitative estimate of drug-likeness (QED) is 0.301. The Morgan fingerprint density at radius 1 is 1.22 bits per heavy atom. The summed E-state index contributed by atoms with van der Waals surface area (Å²) in [5.74, 6) is 0.197. The van der Waals surface area contributed by atoms with Gasteiger partial charge < -0.3 is 39.9 Å². The molecule has 0 amide bonds. The zero-order valence-electron chi connectivity index (χ0n) is 13.3. The van der Waals surface area contributed by atoms with Crippen LogP contribution in [0.2, 0.25) is 0 Å². The number of phosphoric acid groups is 2. The number of aliphatic hydroxyl groups excluding tert-OH is 2. The van der Waals surface area contributed by atoms with E-state index in [2.05, 4.69) is 18.8 Å². The number of nitrogens with zero attached hydrogens (tertiary/aromatic N) is 3. The van der Waals surface area contributed by atoms with Gasteiger partial charge in [-0.25, -0.2) is 19.1 Å². The normalized spacial score (nSPS) is 28.5. The molecule has 1 unspecified atom stereocenters. The summed E-state index contributed by atoms with van der Waals surface area (Å²) in [6.07, 6.45) is -2.75. The van der Waals surface area contributed by atoms with E-state index in [9.17, 15) is 24.2 Å². The molecule has 3 rings (SSSR count). The van der Waals surface area contributed by atoms with Crippen LogP contribution in [0, 0.1) is 0 Å². The first-order valence-corrected chi connectivity index (χ1v) is 10.3. The van der Waals surface area contributed by atoms with Crippen molar-refractivity contribution in [2.75, 3.05) is 12.3 Å². The van der Waals surface area contributed by atoms with Gasteiger partial charge in [-0.1, -0.05) is 0 Å². The minimum Gasteiger partial charge on any atom is -0.387 e. The van der Waals surface area contributed by atoms with Gasteiger partial charge >= 0.3 is 15.6 Å². The van der Waals surface area contributed by atoms with E-state index in [-0.39, 0.29) is 5.82 Å². The highest BCUT2D eigenvalue weighted by atomic mass is 31.3. The number of nitrogen functional groups attached to an aromatic ring is 1. The predicted octanol–water partition coefficient (Wildman–Crippen LogP) is -1.14. The van der Waals surface area contributed by atoms with Crippen LogP contribution in [-0.4, -0.2) is 64.3 Å². The molecule has 0 aliphatic carbocycles. The third-order valence-corrected chi connectivity index (χ3v) is 5.91. The zero-order chi connectivity index (χ0) is 20.0. The van der Waals surface area contributed by atoms with Crippen molar-refractivity contribution in [3.05, 3.63) is 18.6 Å². The lowest BCUT2D eigenvalue weighted by molar-refractivity contribution is -0.0500. The fourth-order valence-electron chi connectivity index (χ4n) is 2.62. The molecule has 1 fully saturated rings. The van der Waals surface area contributed by atoms with Crippen LogP contribution in [0.15, 0.2) is 18.6 Å². The Kier molecular flexibility index (Phi) is 5.40. The number of fused-ring (bicyclic) bond motifs is 1. The van der Waals surface area contributed by atoms with Gasteiger partial charge in [0.05, 0.1) is 12.0 Å². The summed E-state index contributed by atoms with van der Waals surface area (Å²) in [7, 11) is -10.4. The highest BCUT2D eigenvalue weighted by Crippen LogP contribution is 2.57. The maximum absolute atomic E-state index is 11.5. The summed E-state index contributed by atoms with van der Waals surface area (Å²) in [5.41, 5.74) is 6.05. The lowest BCUT2D eigenvalue weighted by atomic mass is 10.1. The first kappa shape index (κ1) is 20.3. The Hall–Kier alpha value is -1.44. The molecule has 16 heteroatoms. The van der Waals surface area contributed by atoms with E-state index in [4.69, 9.17) is 20.3 Å². The molecule has 5 atom stereocenters. The van der Waals surface area contributed by atoms with Crippen LogP contribution in [0.3, 0.4) is 0 Å². The average molecular weight is 426 g/mol. The first-order chi connectivity index (χ1) is 12.5. The Morgan fingerprint density at radius 3 is 2.59 bits per heavy atom. The lowest BCUT2D eigenvalue weighted by Crippen LogP contribution is -2.33. The second kappa shape index (κ2) is 7.18. The second-order valence-corrected chi connectivity index (χ2v) is 8.43. The standard InChI is InChI=1S/C11H16N4O10P2/c12-9-5-1-2-15(10(5)14-4-13-9)11-8(17)7(16)6(24-11)3-23-27(21,22)25-26(18,19)20/h1-2,4,6-8,11,16-17H,3H2,(H,21,22)(H2,12,13,14)(H2,18,19,20)/t6-,7-,8-,11-/m1/s1. The van der Waals surface area contributed by atoms with Crippen molar-refractivity contribution in [1.82, 2.24) is 14.5 Å². The third-order valence-electron chi connectivity index (χ3n) is 3.76. The summed E-state index contributed by atoms with van der Waals surface area (Å²) in [6, 6.07) is 1.58. The predicted molar refractivity (Wildman–Crippen MR) is 86.8 cm³/mol. The largest absolute Gasteiger partial charge is 0.481 e. The van der Waals surface area contributed by atoms with Gasteiger partial charge in [-0.05, 0) is 6.07 Å². The zero-order valence-corrected chi connectivity index (χ0v) is 15.1. The number of phosphoric ester groups is 1. The molecule has 1 aliphatic heterocycles. The molecule has 0 radical (unpaired) electrons. The molecule has 3 heterocycles. The highest BCUT2D eigenvalue weighted by molar-refractivity contribution is 7.60. The Morgan fingerprint density at radius 2 is 1.93 bits per heavy atom. The summed E-state index contributed by atoms with van der Waals surface area (Å²) in [6.45, 7) is -0.793. The van der Waals surface area contributed by atoms with Crippen molar-refractivity contribution in [3.63, 3.8) is 0 Å². The fraction of sp³-hybridized carbons (Fsp3) is 0.455. The molecule has 27 heavy (non-hydrogen) atoms. The molecule has 0 spiro atoms. The van der Waals surface area contributed by atoms with Gasteiger partial charge in [0.25, 0.3) is 0 Å². The van der Waals surface area contributed by atoms with Crippen molar-refractivity contribution >= 4 is 32.5 Å². The Bertz CT molecular complexity index is 931. The van der Waals surface area contributed by atoms with E-state index in [1.807, 2.05) is 0 Å². The number of ether oxygens (including phenoxy) is 1. The SMILES string of the molecule is Nc1ncnc2c1ccn2[C@@H]1O[C@H](COP(=O)(O)OP(=O)(O)O)[C@@H](O)[C@H]1O. The summed E-state index contributed by atoms with van der Waals surface area (Å²) < 4.78 is 37.0. The molecule has 7 N–H and O–H groups in total. The van der Waals surface area contributed by atoms with E-state index < -0.39 is 46.8 Å². The van der Waals surface area contributed by atoms with Gasteiger partial charge in [-0.15, -0.1) is 0 Å². The molecule has 2 aromatic rings. The number of hydrogen-bond acceptors (Lipinski definition) is 10. The topological polar surface area (TPSA) is 220 Å². The molecule has 0 saturated carbocycles. The van der Waals surface area contributed by atoms with Gasteiger partial charge in [0.2, 0.25) is 0 Å². The van der Waals surface area contributed by atoms with Crippen LogP contribution >= 0.6 is 15.6 Å². The van der Waals surface area contributed by atoms with Crippen LogP contribution in [0.4, 0.5) is 5.82 Å². The minimum absolute atomic E-state index is 0.197. The molecule has 0 aromatic carbocycles. The highest BCUT2D eigenvalue weighted by Gasteiger charge is 2.45. The van der Waals surface area contributed by atoms with Crippen LogP contribution in [0.25, 0.3) is 11.0 Å². The molecule has 150 valence electrons. The smallest absolute Gasteiger partial charge is 0.387 e. The van der Waals surface area contributed by atoms with Gasteiger partial charge in [-0.2, -0.15) is 4.31 Å². The van der Waals surface area contributed by atoms with Gasteiger partial charge in [-0.3, -0.25) is 4.52 Å². The van der Waals surface area contributed by atoms with Crippen molar-refractivity contribution < 1.29 is 47.6 Å². The van der Waals surface area contributed by atoms with Crippen molar-refractivity contribution in [3.8, 4) is 0 Å².